The van der Waals surface area contributed by atoms with Gasteiger partial charge in [-0.3, -0.25) is 4.90 Å². The quantitative estimate of drug-likeness (QED) is 0.0881. The highest BCUT2D eigenvalue weighted by Crippen LogP contribution is 2.38. The number of esters is 2. The Hall–Kier alpha value is -3.91. The summed E-state index contributed by atoms with van der Waals surface area (Å²) in [6.45, 7) is 0.363. The van der Waals surface area contributed by atoms with Crippen LogP contribution in [0.5, 0.6) is 17.2 Å². The van der Waals surface area contributed by atoms with E-state index in [1.165, 1.54) is 18.2 Å². The number of alkyl halides is 2. The molecule has 1 aromatic heterocycles. The average molecular weight is 752 g/mol. The van der Waals surface area contributed by atoms with E-state index in [9.17, 15) is 23.6 Å². The number of aromatic nitrogens is 1. The van der Waals surface area contributed by atoms with Crippen LogP contribution in [0.25, 0.3) is 0 Å². The molecule has 2 heterocycles. The van der Waals surface area contributed by atoms with Crippen LogP contribution in [0, 0.1) is 17.0 Å². The van der Waals surface area contributed by atoms with Crippen molar-refractivity contribution < 1.29 is 51.5 Å². The van der Waals surface area contributed by atoms with Crippen LogP contribution >= 0.6 is 23.2 Å². The number of pyridine rings is 1. The molecule has 274 valence electrons. The highest BCUT2D eigenvalue weighted by molar-refractivity contribution is 6.35. The lowest BCUT2D eigenvalue weighted by Crippen LogP contribution is -2.35. The van der Waals surface area contributed by atoms with Crippen molar-refractivity contribution in [2.45, 2.75) is 51.4 Å². The van der Waals surface area contributed by atoms with E-state index < -0.39 is 31.3 Å². The van der Waals surface area contributed by atoms with Crippen LogP contribution in [0.1, 0.15) is 58.8 Å². The van der Waals surface area contributed by atoms with Crippen molar-refractivity contribution in [1.29, 1.82) is 0 Å². The van der Waals surface area contributed by atoms with Crippen molar-refractivity contribution in [3.63, 3.8) is 0 Å². The van der Waals surface area contributed by atoms with Crippen molar-refractivity contribution in [2.75, 3.05) is 46.1 Å². The molecule has 6 rings (SSSR count). The molecule has 0 unspecified atom stereocenters. The number of carbonyl (C=O) groups is 2. The third-order valence-electron chi connectivity index (χ3n) is 8.73. The second-order valence-corrected chi connectivity index (χ2v) is 13.7. The molecule has 51 heavy (non-hydrogen) atoms. The number of ether oxygens (including phenoxy) is 6. The van der Waals surface area contributed by atoms with E-state index in [1.54, 1.807) is 18.2 Å². The molecule has 1 saturated heterocycles. The van der Waals surface area contributed by atoms with Crippen molar-refractivity contribution in [3.8, 4) is 17.2 Å². The molecule has 2 saturated carbocycles. The van der Waals surface area contributed by atoms with E-state index >= 15 is 0 Å². The molecule has 11 nitrogen and oxygen atoms in total. The summed E-state index contributed by atoms with van der Waals surface area (Å²) in [7, 11) is 0. The first-order valence-electron chi connectivity index (χ1n) is 16.8. The summed E-state index contributed by atoms with van der Waals surface area (Å²) in [4.78, 5) is 28.6. The number of morpholine rings is 1. The summed E-state index contributed by atoms with van der Waals surface area (Å²) in [5, 5.41) is 11.9. The van der Waals surface area contributed by atoms with Gasteiger partial charge in [0.25, 0.3) is 0 Å². The van der Waals surface area contributed by atoms with Crippen LogP contribution < -0.4 is 18.9 Å². The molecule has 3 aromatic rings. The topological polar surface area (TPSA) is 120 Å². The molecular weight excluding hydrogens is 713 g/mol. The maximum Gasteiger partial charge on any atom is 0.387 e. The lowest BCUT2D eigenvalue weighted by atomic mass is 10.0. The second kappa shape index (κ2) is 17.1. The van der Waals surface area contributed by atoms with Crippen LogP contribution in [0.3, 0.4) is 0 Å². The summed E-state index contributed by atoms with van der Waals surface area (Å²) < 4.78 is 60.0. The largest absolute Gasteiger partial charge is 0.619 e. The fraction of sp³-hybridized carbons (Fsp3) is 0.472. The highest BCUT2D eigenvalue weighted by atomic mass is 35.5. The SMILES string of the molecule is O=C(COC(=O)c1ccc(OCC2CC2)c(CN2CCOCC2)c1)O[C@@H](Cc1c(Cl)c[n+]([O-])cc1Cl)c1ccc(OC(F)F)c(OCC2CC2)c1. The number of rotatable bonds is 17. The molecule has 1 atom stereocenters. The Morgan fingerprint density at radius 2 is 1.57 bits per heavy atom. The van der Waals surface area contributed by atoms with Crippen molar-refractivity contribution in [3.05, 3.63) is 86.3 Å². The van der Waals surface area contributed by atoms with Gasteiger partial charge in [0, 0.05) is 37.2 Å². The summed E-state index contributed by atoms with van der Waals surface area (Å²) in [6, 6.07) is 9.21. The number of carbonyl (C=O) groups excluding carboxylic acids is 2. The summed E-state index contributed by atoms with van der Waals surface area (Å²) in [5.41, 5.74) is 1.69. The molecule has 3 fully saturated rings. The van der Waals surface area contributed by atoms with E-state index in [0.717, 1.165) is 56.7 Å². The minimum absolute atomic E-state index is 0.0188. The number of halogens is 4. The zero-order valence-electron chi connectivity index (χ0n) is 27.7. The monoisotopic (exact) mass is 750 g/mol. The molecule has 0 N–H and O–H groups in total. The minimum Gasteiger partial charge on any atom is -0.619 e. The van der Waals surface area contributed by atoms with Crippen LogP contribution in [-0.4, -0.2) is 69.6 Å². The Bertz CT molecular complexity index is 1680. The number of benzene rings is 2. The third-order valence-corrected chi connectivity index (χ3v) is 9.39. The van der Waals surface area contributed by atoms with Gasteiger partial charge >= 0.3 is 18.6 Å². The van der Waals surface area contributed by atoms with Crippen LogP contribution in [-0.2, 0) is 32.0 Å². The Morgan fingerprint density at radius 1 is 0.922 bits per heavy atom. The summed E-state index contributed by atoms with van der Waals surface area (Å²) >= 11 is 12.7. The normalized spacial score (nSPS) is 16.8. The number of nitrogens with zero attached hydrogens (tertiary/aromatic N) is 2. The number of hydrogen-bond acceptors (Lipinski definition) is 10. The predicted octanol–water partition coefficient (Wildman–Crippen LogP) is 6.32. The average Bonchev–Trinajstić information content (AvgIpc) is 4.04. The van der Waals surface area contributed by atoms with Gasteiger partial charge in [0.1, 0.15) is 21.9 Å². The Labute approximate surface area is 303 Å². The first kappa shape index (κ1) is 36.9. The van der Waals surface area contributed by atoms with Gasteiger partial charge in [0.15, 0.2) is 30.5 Å². The van der Waals surface area contributed by atoms with E-state index in [2.05, 4.69) is 9.64 Å². The highest BCUT2D eigenvalue weighted by Gasteiger charge is 2.28. The molecular formula is C36H38Cl2F2N2O9. The molecule has 15 heteroatoms. The minimum atomic E-state index is -3.09. The zero-order valence-corrected chi connectivity index (χ0v) is 29.2. The van der Waals surface area contributed by atoms with Gasteiger partial charge in [-0.05, 0) is 73.4 Å². The third kappa shape index (κ3) is 10.8. The Morgan fingerprint density at radius 3 is 2.22 bits per heavy atom. The second-order valence-electron chi connectivity index (χ2n) is 12.9. The molecule has 0 spiro atoms. The Balaban J connectivity index is 1.17. The van der Waals surface area contributed by atoms with Crippen LogP contribution in [0.15, 0.2) is 48.8 Å². The zero-order chi connectivity index (χ0) is 35.9. The van der Waals surface area contributed by atoms with Gasteiger partial charge in [-0.2, -0.15) is 13.5 Å². The lowest BCUT2D eigenvalue weighted by molar-refractivity contribution is -0.605. The fourth-order valence-electron chi connectivity index (χ4n) is 5.53. The van der Waals surface area contributed by atoms with Crippen molar-refractivity contribution in [1.82, 2.24) is 4.90 Å². The molecule has 0 amide bonds. The summed E-state index contributed by atoms with van der Waals surface area (Å²) in [5.74, 6) is -0.248. The maximum atomic E-state index is 13.2. The molecule has 2 aromatic carbocycles. The molecule has 3 aliphatic rings. The van der Waals surface area contributed by atoms with Crippen LogP contribution in [0.4, 0.5) is 8.78 Å². The van der Waals surface area contributed by atoms with Gasteiger partial charge in [-0.1, -0.05) is 29.3 Å². The first-order valence-corrected chi connectivity index (χ1v) is 17.6. The smallest absolute Gasteiger partial charge is 0.387 e. The number of hydrogen-bond donors (Lipinski definition) is 0. The standard InChI is InChI=1S/C36H38Cl2F2N2O9/c37-28-17-42(45)18-29(38)27(28)15-32(24-5-8-31(51-36(39)40)33(14-24)48-20-23-3-4-23)50-34(43)21-49-35(44)25-6-7-30(47-19-22-1-2-22)26(13-25)16-41-9-11-46-12-10-41/h5-8,13-14,17-18,22-23,32,36H,1-4,9-12,15-16,19-21H2/t32-/m0/s1. The molecule has 2 aliphatic carbocycles. The lowest BCUT2D eigenvalue weighted by Gasteiger charge is -2.27. The van der Waals surface area contributed by atoms with Gasteiger partial charge in [0.05, 0.1) is 32.0 Å². The van der Waals surface area contributed by atoms with Gasteiger partial charge in [-0.25, -0.2) is 9.59 Å². The molecule has 1 aliphatic heterocycles. The van der Waals surface area contributed by atoms with Crippen molar-refractivity contribution in [2.24, 2.45) is 11.8 Å². The van der Waals surface area contributed by atoms with E-state index in [0.29, 0.717) is 66.4 Å². The fourth-order valence-corrected chi connectivity index (χ4v) is 6.12. The van der Waals surface area contributed by atoms with E-state index in [4.69, 9.17) is 46.9 Å². The van der Waals surface area contributed by atoms with Crippen LogP contribution in [0.2, 0.25) is 10.0 Å². The van der Waals surface area contributed by atoms with Crippen molar-refractivity contribution >= 4 is 35.1 Å². The molecule has 0 bridgehead atoms. The van der Waals surface area contributed by atoms with Gasteiger partial charge in [0.2, 0.25) is 0 Å². The Kier molecular flexibility index (Phi) is 12.3. The maximum absolute atomic E-state index is 13.2. The van der Waals surface area contributed by atoms with E-state index in [-0.39, 0.29) is 33.5 Å². The predicted molar refractivity (Wildman–Crippen MR) is 180 cm³/mol. The first-order chi connectivity index (χ1) is 24.6. The van der Waals surface area contributed by atoms with Gasteiger partial charge in [-0.15, -0.1) is 0 Å². The summed E-state index contributed by atoms with van der Waals surface area (Å²) in [6.07, 6.45) is 5.18. The van der Waals surface area contributed by atoms with E-state index in [1.807, 2.05) is 0 Å². The molecule has 0 radical (unpaired) electrons. The van der Waals surface area contributed by atoms with Gasteiger partial charge < -0.3 is 33.6 Å².